The Labute approximate surface area is 118 Å². The Kier molecular flexibility index (Phi) is 6.65. The predicted octanol–water partition coefficient (Wildman–Crippen LogP) is 1.21. The van der Waals surface area contributed by atoms with E-state index < -0.39 is 18.1 Å². The molecule has 0 aliphatic carbocycles. The second-order valence-electron chi connectivity index (χ2n) is 5.18. The van der Waals surface area contributed by atoms with Crippen LogP contribution in [-0.4, -0.2) is 40.1 Å². The molecule has 1 heterocycles. The fourth-order valence-electron chi connectivity index (χ4n) is 2.09. The molecule has 0 aromatic carbocycles. The van der Waals surface area contributed by atoms with Crippen molar-refractivity contribution in [1.82, 2.24) is 5.32 Å². The normalized spacial score (nSPS) is 23.6. The Morgan fingerprint density at radius 3 is 2.68 bits per heavy atom. The number of rotatable bonds is 7. The van der Waals surface area contributed by atoms with Gasteiger partial charge in [0.2, 0.25) is 5.91 Å². The molecule has 5 nitrogen and oxygen atoms in total. The van der Waals surface area contributed by atoms with Crippen LogP contribution in [0, 0.1) is 5.92 Å². The maximum absolute atomic E-state index is 11.9. The number of hydrogen-bond donors (Lipinski definition) is 3. The van der Waals surface area contributed by atoms with E-state index in [2.05, 4.69) is 5.32 Å². The molecular weight excluding hydrogens is 264 g/mol. The van der Waals surface area contributed by atoms with Gasteiger partial charge in [-0.25, -0.2) is 4.79 Å². The fraction of sp³-hybridized carbons (Fsp3) is 0.846. The van der Waals surface area contributed by atoms with Gasteiger partial charge in [0.05, 0.1) is 6.04 Å². The molecule has 0 aromatic heterocycles. The molecule has 4 N–H and O–H groups in total. The number of carboxylic acid groups (broad SMARTS) is 1. The minimum Gasteiger partial charge on any atom is -0.480 e. The second kappa shape index (κ2) is 7.75. The van der Waals surface area contributed by atoms with Crippen molar-refractivity contribution < 1.29 is 14.7 Å². The Bertz CT molecular complexity index is 319. The molecule has 1 aliphatic heterocycles. The predicted molar refractivity (Wildman–Crippen MR) is 77.1 cm³/mol. The molecule has 1 rings (SSSR count). The van der Waals surface area contributed by atoms with Crippen LogP contribution in [0.1, 0.15) is 39.5 Å². The summed E-state index contributed by atoms with van der Waals surface area (Å²) >= 11 is 1.79. The Hall–Kier alpha value is -0.750. The summed E-state index contributed by atoms with van der Waals surface area (Å²) in [5.74, 6) is -0.200. The van der Waals surface area contributed by atoms with Crippen molar-refractivity contribution in [3.05, 3.63) is 0 Å². The van der Waals surface area contributed by atoms with Gasteiger partial charge >= 0.3 is 5.97 Å². The molecule has 2 unspecified atom stereocenters. The summed E-state index contributed by atoms with van der Waals surface area (Å²) in [6.45, 7) is 3.86. The first-order valence-electron chi connectivity index (χ1n) is 6.86. The van der Waals surface area contributed by atoms with Crippen LogP contribution in [0.25, 0.3) is 0 Å². The summed E-state index contributed by atoms with van der Waals surface area (Å²) < 4.78 is 0. The Morgan fingerprint density at radius 1 is 1.53 bits per heavy atom. The monoisotopic (exact) mass is 288 g/mol. The average Bonchev–Trinajstić information content (AvgIpc) is 2.88. The third-order valence-electron chi connectivity index (χ3n) is 3.70. The first-order valence-corrected chi connectivity index (χ1v) is 7.91. The zero-order chi connectivity index (χ0) is 14.4. The van der Waals surface area contributed by atoms with E-state index in [1.54, 1.807) is 11.8 Å². The minimum absolute atomic E-state index is 0.0512. The number of nitrogens with two attached hydrogens (primary N) is 1. The van der Waals surface area contributed by atoms with Crippen LogP contribution < -0.4 is 11.1 Å². The van der Waals surface area contributed by atoms with E-state index in [0.717, 1.165) is 25.0 Å². The van der Waals surface area contributed by atoms with Crippen LogP contribution >= 0.6 is 11.8 Å². The summed E-state index contributed by atoms with van der Waals surface area (Å²) in [5, 5.41) is 12.1. The van der Waals surface area contributed by atoms with E-state index in [4.69, 9.17) is 5.73 Å². The van der Waals surface area contributed by atoms with Gasteiger partial charge in [0.25, 0.3) is 0 Å². The zero-order valence-electron chi connectivity index (χ0n) is 11.6. The molecule has 0 spiro atoms. The summed E-state index contributed by atoms with van der Waals surface area (Å²) in [5.41, 5.74) is 5.82. The lowest BCUT2D eigenvalue weighted by Crippen LogP contribution is -2.51. The van der Waals surface area contributed by atoms with Crippen molar-refractivity contribution in [2.24, 2.45) is 11.7 Å². The first kappa shape index (κ1) is 16.3. The van der Waals surface area contributed by atoms with E-state index in [9.17, 15) is 14.7 Å². The van der Waals surface area contributed by atoms with Gasteiger partial charge in [-0.05, 0) is 30.9 Å². The Balaban J connectivity index is 2.52. The molecule has 1 amide bonds. The molecule has 0 aromatic rings. The third kappa shape index (κ3) is 5.03. The highest BCUT2D eigenvalue weighted by molar-refractivity contribution is 8.00. The van der Waals surface area contributed by atoms with E-state index in [-0.39, 0.29) is 11.8 Å². The number of thioether (sulfide) groups is 1. The van der Waals surface area contributed by atoms with Gasteiger partial charge < -0.3 is 16.2 Å². The highest BCUT2D eigenvalue weighted by atomic mass is 32.2. The van der Waals surface area contributed by atoms with E-state index in [0.29, 0.717) is 11.7 Å². The van der Waals surface area contributed by atoms with Gasteiger partial charge in [-0.2, -0.15) is 11.8 Å². The molecule has 1 fully saturated rings. The lowest BCUT2D eigenvalue weighted by atomic mass is 9.98. The zero-order valence-corrected chi connectivity index (χ0v) is 12.4. The molecule has 1 saturated heterocycles. The number of carbonyl (C=O) groups is 2. The second-order valence-corrected chi connectivity index (χ2v) is 6.59. The van der Waals surface area contributed by atoms with E-state index in [1.807, 2.05) is 13.8 Å². The van der Waals surface area contributed by atoms with E-state index >= 15 is 0 Å². The van der Waals surface area contributed by atoms with Crippen LogP contribution in [0.2, 0.25) is 0 Å². The van der Waals surface area contributed by atoms with Crippen molar-refractivity contribution in [3.8, 4) is 0 Å². The number of aliphatic carboxylic acids is 1. The highest BCUT2D eigenvalue weighted by Gasteiger charge is 2.29. The van der Waals surface area contributed by atoms with Crippen LogP contribution in [0.5, 0.6) is 0 Å². The van der Waals surface area contributed by atoms with Crippen LogP contribution in [-0.2, 0) is 9.59 Å². The number of amides is 1. The molecule has 110 valence electrons. The quantitative estimate of drug-likeness (QED) is 0.655. The van der Waals surface area contributed by atoms with Gasteiger partial charge in [0.15, 0.2) is 0 Å². The number of nitrogens with one attached hydrogen (secondary N) is 1. The summed E-state index contributed by atoms with van der Waals surface area (Å²) in [7, 11) is 0. The lowest BCUT2D eigenvalue weighted by molar-refractivity contribution is -0.142. The SMILES string of the molecule is CCC(C)[C@H](N)C(=O)N[C@@H](CC1CCCS1)C(=O)O. The van der Waals surface area contributed by atoms with Crippen molar-refractivity contribution in [2.75, 3.05) is 5.75 Å². The average molecular weight is 288 g/mol. The molecule has 6 heteroatoms. The molecule has 19 heavy (non-hydrogen) atoms. The topological polar surface area (TPSA) is 92.4 Å². The van der Waals surface area contributed by atoms with Gasteiger partial charge in [0.1, 0.15) is 6.04 Å². The highest BCUT2D eigenvalue weighted by Crippen LogP contribution is 2.29. The van der Waals surface area contributed by atoms with Crippen molar-refractivity contribution in [3.63, 3.8) is 0 Å². The van der Waals surface area contributed by atoms with E-state index in [1.165, 1.54) is 0 Å². The maximum atomic E-state index is 11.9. The largest absolute Gasteiger partial charge is 0.480 e. The van der Waals surface area contributed by atoms with Crippen molar-refractivity contribution in [1.29, 1.82) is 0 Å². The fourth-order valence-corrected chi connectivity index (χ4v) is 3.42. The molecule has 0 saturated carbocycles. The maximum Gasteiger partial charge on any atom is 0.326 e. The number of carbonyl (C=O) groups excluding carboxylic acids is 1. The number of carboxylic acids is 1. The van der Waals surface area contributed by atoms with Crippen LogP contribution in [0.3, 0.4) is 0 Å². The summed E-state index contributed by atoms with van der Waals surface area (Å²) in [4.78, 5) is 23.1. The summed E-state index contributed by atoms with van der Waals surface area (Å²) in [6.07, 6.45) is 3.44. The first-order chi connectivity index (χ1) is 8.95. The lowest BCUT2D eigenvalue weighted by Gasteiger charge is -2.22. The minimum atomic E-state index is -0.975. The Morgan fingerprint density at radius 2 is 2.21 bits per heavy atom. The molecular formula is C13H24N2O3S. The van der Waals surface area contributed by atoms with Crippen molar-refractivity contribution >= 4 is 23.6 Å². The molecule has 0 radical (unpaired) electrons. The molecule has 4 atom stereocenters. The van der Waals surface area contributed by atoms with Gasteiger partial charge in [-0.3, -0.25) is 4.79 Å². The molecule has 0 bridgehead atoms. The van der Waals surface area contributed by atoms with Gasteiger partial charge in [0, 0.05) is 5.25 Å². The number of hydrogen-bond acceptors (Lipinski definition) is 4. The van der Waals surface area contributed by atoms with Crippen LogP contribution in [0.15, 0.2) is 0 Å². The van der Waals surface area contributed by atoms with Gasteiger partial charge in [-0.15, -0.1) is 0 Å². The van der Waals surface area contributed by atoms with Gasteiger partial charge in [-0.1, -0.05) is 20.3 Å². The van der Waals surface area contributed by atoms with Crippen molar-refractivity contribution in [2.45, 2.75) is 56.9 Å². The smallest absolute Gasteiger partial charge is 0.326 e. The standard InChI is InChI=1S/C13H24N2O3S/c1-3-8(2)11(14)12(16)15-10(13(17)18)7-9-5-4-6-19-9/h8-11H,3-7,14H2,1-2H3,(H,15,16)(H,17,18)/t8?,9?,10-,11-/m0/s1. The summed E-state index contributed by atoms with van der Waals surface area (Å²) in [6, 6.07) is -1.46. The van der Waals surface area contributed by atoms with Crippen LogP contribution in [0.4, 0.5) is 0 Å². The third-order valence-corrected chi connectivity index (χ3v) is 5.12. The molecule has 1 aliphatic rings.